The maximum Gasteiger partial charge on any atom is 0.326 e. The van der Waals surface area contributed by atoms with E-state index in [1.807, 2.05) is 16.0 Å². The highest BCUT2D eigenvalue weighted by Crippen LogP contribution is 2.03. The SMILES string of the molecule is Cl.NC(N)=NCCC[C@H](NC(=O)CNC(=O)[C@H](CC(=O)O)NC(=O)[C@H](CO)NC(=O)[C@H](CCCN=C(N)N)NC(=O)CNC(=O)[C@H](CC(=O)O)NC(=O)[C@@H](N)CO)C(=O)O. The molecule has 0 aliphatic rings. The van der Waals surface area contributed by atoms with E-state index in [1.54, 1.807) is 0 Å². The molecule has 0 spiro atoms. The quantitative estimate of drug-likeness (QED) is 0.0188. The molecule has 0 aliphatic carbocycles. The highest BCUT2D eigenvalue weighted by molar-refractivity contribution is 5.97. The van der Waals surface area contributed by atoms with Crippen LogP contribution in [0.15, 0.2) is 9.98 Å². The lowest BCUT2D eigenvalue weighted by Crippen LogP contribution is -2.59. The minimum atomic E-state index is -1.90. The first-order valence-corrected chi connectivity index (χ1v) is 17.4. The highest BCUT2D eigenvalue weighted by Gasteiger charge is 2.32. The molecule has 60 heavy (non-hydrogen) atoms. The van der Waals surface area contributed by atoms with Gasteiger partial charge in [-0.05, 0) is 25.7 Å². The number of rotatable bonds is 29. The Bertz CT molecular complexity index is 1580. The fourth-order valence-electron chi connectivity index (χ4n) is 4.47. The Hall–Kier alpha value is -6.59. The number of carbonyl (C=O) groups is 10. The van der Waals surface area contributed by atoms with Crippen LogP contribution in [0.3, 0.4) is 0 Å². The van der Waals surface area contributed by atoms with Gasteiger partial charge in [-0.15, -0.1) is 12.4 Å². The smallest absolute Gasteiger partial charge is 0.326 e. The summed E-state index contributed by atoms with van der Waals surface area (Å²) in [6, 6.07) is -9.96. The van der Waals surface area contributed by atoms with E-state index in [1.165, 1.54) is 0 Å². The number of guanidine groups is 2. The molecule has 340 valence electrons. The van der Waals surface area contributed by atoms with Crippen molar-refractivity contribution in [3.63, 3.8) is 0 Å². The fraction of sp³-hybridized carbons (Fsp3) is 0.600. The fourth-order valence-corrected chi connectivity index (χ4v) is 4.47. The van der Waals surface area contributed by atoms with Gasteiger partial charge in [0.25, 0.3) is 0 Å². The first-order chi connectivity index (χ1) is 27.6. The Balaban J connectivity index is 0. The van der Waals surface area contributed by atoms with Gasteiger partial charge in [0, 0.05) is 13.1 Å². The third-order valence-corrected chi connectivity index (χ3v) is 7.39. The first kappa shape index (κ1) is 55.5. The van der Waals surface area contributed by atoms with Crippen LogP contribution in [0.5, 0.6) is 0 Å². The number of nitrogens with one attached hydrogen (secondary N) is 7. The van der Waals surface area contributed by atoms with Crippen LogP contribution in [0.4, 0.5) is 0 Å². The molecular formula is C30H53ClN14O15. The van der Waals surface area contributed by atoms with Crippen molar-refractivity contribution in [3.05, 3.63) is 0 Å². The summed E-state index contributed by atoms with van der Waals surface area (Å²) in [6.07, 6.45) is -2.16. The van der Waals surface area contributed by atoms with Gasteiger partial charge in [-0.1, -0.05) is 0 Å². The van der Waals surface area contributed by atoms with Crippen molar-refractivity contribution < 1.29 is 73.5 Å². The molecule has 0 aliphatic heterocycles. The number of aliphatic hydroxyl groups is 2. The topological polar surface area (TPSA) is 511 Å². The molecule has 22 N–H and O–H groups in total. The molecule has 0 radical (unpaired) electrons. The molecule has 0 unspecified atom stereocenters. The second-order valence-electron chi connectivity index (χ2n) is 12.3. The molecule has 7 amide bonds. The number of hydrogen-bond donors (Lipinski definition) is 17. The molecule has 0 aromatic rings. The van der Waals surface area contributed by atoms with E-state index < -0.39 is 135 Å². The number of amides is 7. The zero-order chi connectivity index (χ0) is 45.2. The van der Waals surface area contributed by atoms with Gasteiger partial charge in [-0.3, -0.25) is 53.1 Å². The molecule has 0 aromatic carbocycles. The molecular weight excluding hydrogens is 832 g/mol. The van der Waals surface area contributed by atoms with Crippen molar-refractivity contribution >= 4 is 83.6 Å². The summed E-state index contributed by atoms with van der Waals surface area (Å²) in [5.41, 5.74) is 26.4. The van der Waals surface area contributed by atoms with Gasteiger partial charge in [-0.2, -0.15) is 0 Å². The number of halogens is 1. The Morgan fingerprint density at radius 2 is 0.883 bits per heavy atom. The molecule has 0 rings (SSSR count). The number of nitrogens with zero attached hydrogens (tertiary/aromatic N) is 2. The summed E-state index contributed by atoms with van der Waals surface area (Å²) in [7, 11) is 0. The van der Waals surface area contributed by atoms with Crippen LogP contribution >= 0.6 is 12.4 Å². The Morgan fingerprint density at radius 1 is 0.500 bits per heavy atom. The summed E-state index contributed by atoms with van der Waals surface area (Å²) in [4.78, 5) is 131. The molecule has 0 aromatic heterocycles. The lowest BCUT2D eigenvalue weighted by Gasteiger charge is -2.24. The van der Waals surface area contributed by atoms with Gasteiger partial charge in [0.1, 0.15) is 36.3 Å². The standard InChI is InChI=1S/C30H52N14O15.ClH/c31-13(11-45)23(53)42-16(7-21(49)50)24(54)38-9-19(47)40-14(3-1-5-36-29(32)33)26(56)44-18(12-46)27(57)43-17(8-22(51)52)25(55)39-10-20(48)41-15(28(58)59)4-2-6-37-30(34)35;/h13-18,45-46H,1-12,31H2,(H,38,54)(H,39,55)(H,40,47)(H,41,48)(H,42,53)(H,43,57)(H,44,56)(H,49,50)(H,51,52)(H,58,59)(H4,32,33,36)(H4,34,35,37);1H/t13-,14-,15-,16-,17-,18-;/m0./s1. The average molecular weight is 885 g/mol. The molecule has 0 fully saturated rings. The maximum absolute atomic E-state index is 13.3. The summed E-state index contributed by atoms with van der Waals surface area (Å²) < 4.78 is 0. The number of hydrogen-bond acceptors (Lipinski definition) is 15. The van der Waals surface area contributed by atoms with Crippen molar-refractivity contribution in [2.45, 2.75) is 74.8 Å². The summed E-state index contributed by atoms with van der Waals surface area (Å²) in [6.45, 7) is -3.72. The van der Waals surface area contributed by atoms with Gasteiger partial charge in [-0.25, -0.2) is 4.79 Å². The second kappa shape index (κ2) is 29.6. The number of aliphatic carboxylic acids is 3. The summed E-state index contributed by atoms with van der Waals surface area (Å²) in [5.74, 6) is -13.0. The van der Waals surface area contributed by atoms with Crippen LogP contribution in [0.1, 0.15) is 38.5 Å². The molecule has 29 nitrogen and oxygen atoms in total. The maximum atomic E-state index is 13.3. The van der Waals surface area contributed by atoms with Crippen molar-refractivity contribution in [3.8, 4) is 0 Å². The van der Waals surface area contributed by atoms with Gasteiger partial charge in [0.2, 0.25) is 41.4 Å². The summed E-state index contributed by atoms with van der Waals surface area (Å²) >= 11 is 0. The van der Waals surface area contributed by atoms with Crippen molar-refractivity contribution in [2.24, 2.45) is 38.7 Å². The monoisotopic (exact) mass is 884 g/mol. The van der Waals surface area contributed by atoms with E-state index in [9.17, 15) is 63.3 Å². The Kier molecular flexibility index (Phi) is 27.4. The van der Waals surface area contributed by atoms with Crippen molar-refractivity contribution in [1.82, 2.24) is 37.2 Å². The number of nitrogens with two attached hydrogens (primary N) is 5. The molecule has 6 atom stereocenters. The molecule has 0 saturated heterocycles. The van der Waals surface area contributed by atoms with E-state index in [-0.39, 0.29) is 63.1 Å². The lowest BCUT2D eigenvalue weighted by atomic mass is 10.1. The number of carbonyl (C=O) groups excluding carboxylic acids is 7. The largest absolute Gasteiger partial charge is 0.481 e. The van der Waals surface area contributed by atoms with Crippen LogP contribution in [0.25, 0.3) is 0 Å². The number of aliphatic imine (C=N–C) groups is 2. The zero-order valence-corrected chi connectivity index (χ0v) is 32.8. The molecule has 0 saturated carbocycles. The predicted molar refractivity (Wildman–Crippen MR) is 207 cm³/mol. The van der Waals surface area contributed by atoms with Crippen molar-refractivity contribution in [1.29, 1.82) is 0 Å². The Morgan fingerprint density at radius 3 is 1.27 bits per heavy atom. The van der Waals surface area contributed by atoms with E-state index >= 15 is 0 Å². The summed E-state index contributed by atoms with van der Waals surface area (Å²) in [5, 5.41) is 61.4. The van der Waals surface area contributed by atoms with E-state index in [2.05, 4.69) is 31.3 Å². The van der Waals surface area contributed by atoms with E-state index in [0.29, 0.717) is 0 Å². The van der Waals surface area contributed by atoms with Crippen LogP contribution in [-0.2, 0) is 47.9 Å². The van der Waals surface area contributed by atoms with E-state index in [4.69, 9.17) is 38.9 Å². The highest BCUT2D eigenvalue weighted by atomic mass is 35.5. The van der Waals surface area contributed by atoms with Crippen LogP contribution < -0.4 is 65.9 Å². The normalized spacial score (nSPS) is 13.3. The number of carboxylic acids is 3. The molecule has 30 heteroatoms. The lowest BCUT2D eigenvalue weighted by molar-refractivity contribution is -0.142. The van der Waals surface area contributed by atoms with Crippen LogP contribution in [-0.4, -0.2) is 172 Å². The average Bonchev–Trinajstić information content (AvgIpc) is 3.15. The minimum Gasteiger partial charge on any atom is -0.481 e. The number of aliphatic hydroxyl groups excluding tert-OH is 2. The van der Waals surface area contributed by atoms with Crippen LogP contribution in [0.2, 0.25) is 0 Å². The van der Waals surface area contributed by atoms with Crippen LogP contribution in [0, 0.1) is 0 Å². The molecule has 0 bridgehead atoms. The predicted octanol–water partition coefficient (Wildman–Crippen LogP) is -9.48. The third-order valence-electron chi connectivity index (χ3n) is 7.39. The van der Waals surface area contributed by atoms with E-state index in [0.717, 1.165) is 0 Å². The number of carboxylic acid groups (broad SMARTS) is 3. The zero-order valence-electron chi connectivity index (χ0n) is 32.0. The van der Waals surface area contributed by atoms with Gasteiger partial charge in [0.05, 0.1) is 39.1 Å². The minimum absolute atomic E-state index is 0. The van der Waals surface area contributed by atoms with Gasteiger partial charge in [0.15, 0.2) is 11.9 Å². The molecule has 0 heterocycles. The van der Waals surface area contributed by atoms with Gasteiger partial charge < -0.3 is 91.4 Å². The Labute approximate surface area is 346 Å². The van der Waals surface area contributed by atoms with Crippen molar-refractivity contribution in [2.75, 3.05) is 39.4 Å². The second-order valence-corrected chi connectivity index (χ2v) is 12.3. The third kappa shape index (κ3) is 24.2. The first-order valence-electron chi connectivity index (χ1n) is 17.4. The van der Waals surface area contributed by atoms with Gasteiger partial charge >= 0.3 is 17.9 Å².